The summed E-state index contributed by atoms with van der Waals surface area (Å²) in [5.74, 6) is -1.07. The fraction of sp³-hybridized carbons (Fsp3) is 0.158. The summed E-state index contributed by atoms with van der Waals surface area (Å²) >= 11 is 0. The Hall–Kier alpha value is -3.84. The third kappa shape index (κ3) is 4.83. The van der Waals surface area contributed by atoms with Crippen molar-refractivity contribution in [3.8, 4) is 17.9 Å². The van der Waals surface area contributed by atoms with Crippen molar-refractivity contribution >= 4 is 17.6 Å². The van der Waals surface area contributed by atoms with Crippen molar-refractivity contribution in [2.75, 3.05) is 11.9 Å². The first-order valence-corrected chi connectivity index (χ1v) is 7.66. The molecule has 0 unspecified atom stereocenters. The molecule has 0 bridgehead atoms. The highest BCUT2D eigenvalue weighted by atomic mass is 16.6. The van der Waals surface area contributed by atoms with Gasteiger partial charge < -0.3 is 14.8 Å². The van der Waals surface area contributed by atoms with E-state index in [4.69, 9.17) is 20.0 Å². The molecule has 0 spiro atoms. The van der Waals surface area contributed by atoms with Crippen LogP contribution in [0.4, 0.5) is 5.69 Å². The fourth-order valence-corrected chi connectivity index (χ4v) is 2.03. The van der Waals surface area contributed by atoms with E-state index in [1.807, 2.05) is 12.1 Å². The van der Waals surface area contributed by atoms with Crippen molar-refractivity contribution in [2.45, 2.75) is 13.0 Å². The molecule has 2 aromatic rings. The van der Waals surface area contributed by atoms with Gasteiger partial charge in [0.25, 0.3) is 5.91 Å². The number of carbonyl (C=O) groups is 2. The van der Waals surface area contributed by atoms with Gasteiger partial charge in [-0.3, -0.25) is 4.79 Å². The largest absolute Gasteiger partial charge is 0.481 e. The van der Waals surface area contributed by atoms with Gasteiger partial charge in [0.1, 0.15) is 17.9 Å². The number of para-hydroxylation sites is 2. The average Bonchev–Trinajstić information content (AvgIpc) is 2.66. The second-order valence-corrected chi connectivity index (χ2v) is 5.18. The van der Waals surface area contributed by atoms with Crippen molar-refractivity contribution in [3.63, 3.8) is 0 Å². The van der Waals surface area contributed by atoms with E-state index in [0.29, 0.717) is 16.8 Å². The summed E-state index contributed by atoms with van der Waals surface area (Å²) in [6, 6.07) is 16.9. The molecule has 0 aliphatic carbocycles. The molecule has 1 N–H and O–H groups in total. The van der Waals surface area contributed by atoms with Gasteiger partial charge in [-0.25, -0.2) is 4.79 Å². The van der Waals surface area contributed by atoms with Crippen LogP contribution in [-0.4, -0.2) is 24.6 Å². The van der Waals surface area contributed by atoms with Crippen LogP contribution >= 0.6 is 0 Å². The number of anilines is 1. The van der Waals surface area contributed by atoms with Gasteiger partial charge in [-0.15, -0.1) is 0 Å². The summed E-state index contributed by atoms with van der Waals surface area (Å²) in [6.07, 6.45) is -1.08. The van der Waals surface area contributed by atoms with Crippen LogP contribution in [0.3, 0.4) is 0 Å². The van der Waals surface area contributed by atoms with Gasteiger partial charge in [0.2, 0.25) is 0 Å². The molecule has 0 aromatic heterocycles. The van der Waals surface area contributed by atoms with Crippen molar-refractivity contribution in [1.29, 1.82) is 10.5 Å². The van der Waals surface area contributed by atoms with Gasteiger partial charge in [0.15, 0.2) is 12.7 Å². The van der Waals surface area contributed by atoms with Gasteiger partial charge in [0.05, 0.1) is 16.8 Å². The van der Waals surface area contributed by atoms with E-state index in [-0.39, 0.29) is 5.75 Å². The number of esters is 1. The number of ether oxygens (including phenoxy) is 2. The fourth-order valence-electron chi connectivity index (χ4n) is 2.03. The molecule has 2 rings (SSSR count). The van der Waals surface area contributed by atoms with Gasteiger partial charge in [-0.2, -0.15) is 10.5 Å². The highest BCUT2D eigenvalue weighted by molar-refractivity contribution is 5.96. The third-order valence-corrected chi connectivity index (χ3v) is 3.34. The van der Waals surface area contributed by atoms with Crippen LogP contribution in [0.25, 0.3) is 0 Å². The lowest BCUT2D eigenvalue weighted by Gasteiger charge is -2.14. The molecule has 7 nitrogen and oxygen atoms in total. The lowest BCUT2D eigenvalue weighted by molar-refractivity contribution is -0.155. The van der Waals surface area contributed by atoms with Gasteiger partial charge >= 0.3 is 5.97 Å². The summed E-state index contributed by atoms with van der Waals surface area (Å²) < 4.78 is 10.3. The van der Waals surface area contributed by atoms with E-state index in [2.05, 4.69) is 5.32 Å². The Labute approximate surface area is 150 Å². The molecule has 0 aliphatic rings. The van der Waals surface area contributed by atoms with Gasteiger partial charge in [-0.1, -0.05) is 24.3 Å². The Bertz CT molecular complexity index is 896. The molecule has 0 fully saturated rings. The molecule has 0 radical (unpaired) electrons. The number of nitrogens with zero attached hydrogens (tertiary/aromatic N) is 2. The predicted molar refractivity (Wildman–Crippen MR) is 92.0 cm³/mol. The third-order valence-electron chi connectivity index (χ3n) is 3.34. The average molecular weight is 349 g/mol. The standard InChI is InChI=1S/C19H15N3O4/c1-13(19(24)22-16-8-4-2-6-14(16)10-20)26-18(23)12-25-17-9-5-3-7-15(17)11-21/h2-9,13H,12H2,1H3,(H,22,24)/t13-/m1/s1. The molecule has 7 heteroatoms. The first-order valence-electron chi connectivity index (χ1n) is 7.66. The first kappa shape index (κ1) is 18.5. The zero-order valence-electron chi connectivity index (χ0n) is 13.9. The number of nitrogens with one attached hydrogen (secondary N) is 1. The monoisotopic (exact) mass is 349 g/mol. The Balaban J connectivity index is 1.89. The minimum absolute atomic E-state index is 0.256. The smallest absolute Gasteiger partial charge is 0.344 e. The number of hydrogen-bond donors (Lipinski definition) is 1. The van der Waals surface area contributed by atoms with Crippen molar-refractivity contribution in [2.24, 2.45) is 0 Å². The van der Waals surface area contributed by atoms with Crippen LogP contribution in [0.2, 0.25) is 0 Å². The first-order chi connectivity index (χ1) is 12.5. The second kappa shape index (κ2) is 8.86. The van der Waals surface area contributed by atoms with Crippen LogP contribution in [0.15, 0.2) is 48.5 Å². The van der Waals surface area contributed by atoms with E-state index in [1.165, 1.54) is 6.92 Å². The Morgan fingerprint density at radius 1 is 1.04 bits per heavy atom. The quantitative estimate of drug-likeness (QED) is 0.801. The van der Waals surface area contributed by atoms with Gasteiger partial charge in [-0.05, 0) is 31.2 Å². The summed E-state index contributed by atoms with van der Waals surface area (Å²) in [7, 11) is 0. The summed E-state index contributed by atoms with van der Waals surface area (Å²) in [4.78, 5) is 24.0. The van der Waals surface area contributed by atoms with Crippen LogP contribution in [0, 0.1) is 22.7 Å². The molecular weight excluding hydrogens is 334 g/mol. The summed E-state index contributed by atoms with van der Waals surface area (Å²) in [5, 5.41) is 20.5. The number of nitriles is 2. The molecular formula is C19H15N3O4. The Morgan fingerprint density at radius 3 is 2.35 bits per heavy atom. The van der Waals surface area contributed by atoms with Crippen molar-refractivity contribution < 1.29 is 19.1 Å². The zero-order valence-corrected chi connectivity index (χ0v) is 13.9. The maximum Gasteiger partial charge on any atom is 0.344 e. The van der Waals surface area contributed by atoms with E-state index < -0.39 is 24.6 Å². The van der Waals surface area contributed by atoms with Gasteiger partial charge in [0, 0.05) is 0 Å². The molecule has 1 amide bonds. The molecule has 0 saturated heterocycles. The predicted octanol–water partition coefficient (Wildman–Crippen LogP) is 2.38. The zero-order chi connectivity index (χ0) is 18.9. The molecule has 1 atom stereocenters. The second-order valence-electron chi connectivity index (χ2n) is 5.18. The van der Waals surface area contributed by atoms with Crippen LogP contribution in [0.5, 0.6) is 5.75 Å². The summed E-state index contributed by atoms with van der Waals surface area (Å²) in [5.41, 5.74) is 0.928. The highest BCUT2D eigenvalue weighted by Crippen LogP contribution is 2.17. The minimum Gasteiger partial charge on any atom is -0.481 e. The van der Waals surface area contributed by atoms with E-state index >= 15 is 0 Å². The molecule has 0 aliphatic heterocycles. The van der Waals surface area contributed by atoms with E-state index in [9.17, 15) is 9.59 Å². The minimum atomic E-state index is -1.08. The Kier molecular flexibility index (Phi) is 6.30. The summed E-state index contributed by atoms with van der Waals surface area (Å²) in [6.45, 7) is 0.969. The highest BCUT2D eigenvalue weighted by Gasteiger charge is 2.19. The Morgan fingerprint density at radius 2 is 1.65 bits per heavy atom. The maximum atomic E-state index is 12.1. The number of carbonyl (C=O) groups excluding carboxylic acids is 2. The van der Waals surface area contributed by atoms with Crippen LogP contribution < -0.4 is 10.1 Å². The van der Waals surface area contributed by atoms with Crippen molar-refractivity contribution in [3.05, 3.63) is 59.7 Å². The topological polar surface area (TPSA) is 112 Å². The molecule has 0 heterocycles. The normalized spacial score (nSPS) is 10.7. The number of benzene rings is 2. The molecule has 130 valence electrons. The van der Waals surface area contributed by atoms with E-state index in [0.717, 1.165) is 0 Å². The van der Waals surface area contributed by atoms with Crippen molar-refractivity contribution in [1.82, 2.24) is 0 Å². The molecule has 26 heavy (non-hydrogen) atoms. The van der Waals surface area contributed by atoms with Crippen LogP contribution in [-0.2, 0) is 14.3 Å². The maximum absolute atomic E-state index is 12.1. The van der Waals surface area contributed by atoms with Crippen LogP contribution in [0.1, 0.15) is 18.1 Å². The SMILES string of the molecule is C[C@@H](OC(=O)COc1ccccc1C#N)C(=O)Nc1ccccc1C#N. The lowest BCUT2D eigenvalue weighted by Crippen LogP contribution is -2.31. The van der Waals surface area contributed by atoms with E-state index in [1.54, 1.807) is 48.5 Å². The number of hydrogen-bond acceptors (Lipinski definition) is 6. The molecule has 0 saturated carbocycles. The lowest BCUT2D eigenvalue weighted by atomic mass is 10.2. The number of rotatable bonds is 6. The molecule has 2 aromatic carbocycles. The number of amides is 1.